The molecule has 0 aliphatic rings. The van der Waals surface area contributed by atoms with Crippen molar-refractivity contribution in [3.05, 3.63) is 437 Å². The van der Waals surface area contributed by atoms with Gasteiger partial charge in [0.05, 0.1) is 0 Å². The molecule has 22 aromatic rings. The lowest BCUT2D eigenvalue weighted by molar-refractivity contribution is 0.668. The van der Waals surface area contributed by atoms with E-state index in [4.69, 9.17) is 13.3 Å². The Kier molecular flexibility index (Phi) is 17.7. The van der Waals surface area contributed by atoms with Crippen LogP contribution in [0.15, 0.2) is 450 Å². The standard InChI is InChI=1S/C54H34N2O2S.C54H38N2O/c1-3-13-37(14-4-1)55(39-24-27-45-43-17-7-10-20-49(43)57-51(45)33-39)41-29-36(35-23-26-48-47-19-9-12-22-53(47)59-54(48)31-35)30-42(32-41)56(38-15-5-2-6-16-38)40-25-28-46-44-18-8-11-21-50(44)58-52(46)34-40;1-5-15-39(16-6-1)41-25-30-47(31-26-41)55(45-19-9-3-10-20-45)49-35-44(43-29-34-52-51-23-13-14-24-53(51)57-54(52)37-43)36-50(38-49)56(46-21-11-4-12-22-46)48-32-27-42(28-33-48)40-17-7-2-8-18-40/h1-34H;1-38H. The van der Waals surface area contributed by atoms with Gasteiger partial charge in [-0.3, -0.25) is 0 Å². The first-order valence-corrected chi connectivity index (χ1v) is 40.0. The Morgan fingerprint density at radius 2 is 0.397 bits per heavy atom. The van der Waals surface area contributed by atoms with Gasteiger partial charge < -0.3 is 32.9 Å². The highest BCUT2D eigenvalue weighted by Gasteiger charge is 2.25. The highest BCUT2D eigenvalue weighted by atomic mass is 32.1. The van der Waals surface area contributed by atoms with E-state index in [1.165, 1.54) is 42.4 Å². The van der Waals surface area contributed by atoms with Gasteiger partial charge in [-0.2, -0.15) is 0 Å². The topological polar surface area (TPSA) is 52.4 Å². The lowest BCUT2D eigenvalue weighted by atomic mass is 10.00. The van der Waals surface area contributed by atoms with Crippen molar-refractivity contribution in [2.24, 2.45) is 0 Å². The van der Waals surface area contributed by atoms with E-state index >= 15 is 0 Å². The summed E-state index contributed by atoms with van der Waals surface area (Å²) in [5.74, 6) is 0. The third-order valence-electron chi connectivity index (χ3n) is 22.0. The Morgan fingerprint density at radius 1 is 0.138 bits per heavy atom. The van der Waals surface area contributed by atoms with E-state index in [2.05, 4.69) is 420 Å². The minimum atomic E-state index is 0.848. The lowest BCUT2D eigenvalue weighted by Gasteiger charge is -2.30. The van der Waals surface area contributed by atoms with Crippen molar-refractivity contribution >= 4 is 166 Å². The molecule has 0 fully saturated rings. The molecule has 0 saturated heterocycles. The zero-order valence-electron chi connectivity index (χ0n) is 63.0. The third-order valence-corrected chi connectivity index (χ3v) is 23.2. The maximum atomic E-state index is 6.47. The average Bonchev–Trinajstić information content (AvgIpc) is 1.36. The number of hydrogen-bond acceptors (Lipinski definition) is 8. The lowest BCUT2D eigenvalue weighted by Crippen LogP contribution is -2.13. The second kappa shape index (κ2) is 29.8. The van der Waals surface area contributed by atoms with Crippen molar-refractivity contribution in [1.29, 1.82) is 0 Å². The van der Waals surface area contributed by atoms with Gasteiger partial charge in [-0.15, -0.1) is 11.3 Å². The Balaban J connectivity index is 0.000000145. The quantitative estimate of drug-likeness (QED) is 0.0955. The van der Waals surface area contributed by atoms with Crippen LogP contribution in [-0.4, -0.2) is 0 Å². The largest absolute Gasteiger partial charge is 0.456 e. The zero-order valence-corrected chi connectivity index (χ0v) is 63.8. The molecule has 0 radical (unpaired) electrons. The van der Waals surface area contributed by atoms with E-state index in [9.17, 15) is 0 Å². The molecule has 18 aromatic carbocycles. The maximum Gasteiger partial charge on any atom is 0.137 e. The summed E-state index contributed by atoms with van der Waals surface area (Å²) in [6.45, 7) is 0. The average molecular weight is 1510 g/mol. The van der Waals surface area contributed by atoms with Crippen molar-refractivity contribution in [3.8, 4) is 44.5 Å². The van der Waals surface area contributed by atoms with Gasteiger partial charge in [-0.25, -0.2) is 0 Å². The summed E-state index contributed by atoms with van der Waals surface area (Å²) in [4.78, 5) is 9.37. The second-order valence-corrected chi connectivity index (χ2v) is 30.2. The smallest absolute Gasteiger partial charge is 0.137 e. The Labute approximate surface area is 675 Å². The van der Waals surface area contributed by atoms with Crippen LogP contribution in [0.1, 0.15) is 0 Å². The van der Waals surface area contributed by atoms with Gasteiger partial charge in [-0.05, 0) is 220 Å². The first-order chi connectivity index (χ1) is 57.5. The van der Waals surface area contributed by atoms with E-state index < -0.39 is 0 Å². The van der Waals surface area contributed by atoms with Gasteiger partial charge >= 0.3 is 0 Å². The Morgan fingerprint density at radius 3 is 0.793 bits per heavy atom. The molecule has 0 saturated carbocycles. The first-order valence-electron chi connectivity index (χ1n) is 39.1. The van der Waals surface area contributed by atoms with E-state index in [0.717, 1.165) is 156 Å². The van der Waals surface area contributed by atoms with E-state index in [-0.39, 0.29) is 0 Å². The number of rotatable bonds is 16. The highest BCUT2D eigenvalue weighted by molar-refractivity contribution is 7.25. The van der Waals surface area contributed by atoms with Crippen LogP contribution in [-0.2, 0) is 0 Å². The Bertz CT molecular complexity index is 7010. The zero-order chi connectivity index (χ0) is 76.8. The molecule has 7 nitrogen and oxygen atoms in total. The van der Waals surface area contributed by atoms with Crippen LogP contribution in [0, 0.1) is 0 Å². The number of anilines is 12. The van der Waals surface area contributed by atoms with Crippen LogP contribution >= 0.6 is 11.3 Å². The van der Waals surface area contributed by atoms with E-state index in [1.807, 2.05) is 47.7 Å². The number of para-hydroxylation sites is 7. The van der Waals surface area contributed by atoms with Crippen molar-refractivity contribution in [3.63, 3.8) is 0 Å². The first kappa shape index (κ1) is 68.8. The minimum Gasteiger partial charge on any atom is -0.456 e. The summed E-state index contributed by atoms with van der Waals surface area (Å²) < 4.78 is 21.9. The number of hydrogen-bond donors (Lipinski definition) is 0. The van der Waals surface area contributed by atoms with Crippen LogP contribution in [0.2, 0.25) is 0 Å². The van der Waals surface area contributed by atoms with Gasteiger partial charge in [0, 0.05) is 133 Å². The van der Waals surface area contributed by atoms with Crippen LogP contribution in [0.25, 0.3) is 130 Å². The molecule has 0 spiro atoms. The Hall–Kier alpha value is -15.2. The molecule has 0 aliphatic heterocycles. The second-order valence-electron chi connectivity index (χ2n) is 29.2. The van der Waals surface area contributed by atoms with Crippen LogP contribution in [0.3, 0.4) is 0 Å². The van der Waals surface area contributed by atoms with Gasteiger partial charge in [-0.1, -0.05) is 249 Å². The number of fused-ring (bicyclic) bond motifs is 12. The summed E-state index contributed by atoms with van der Waals surface area (Å²) in [6, 6.07) is 155. The molecule has 548 valence electrons. The molecule has 4 heterocycles. The normalized spacial score (nSPS) is 11.4. The molecule has 0 unspecified atom stereocenters. The highest BCUT2D eigenvalue weighted by Crippen LogP contribution is 2.49. The molecule has 22 rings (SSSR count). The fourth-order valence-electron chi connectivity index (χ4n) is 16.5. The summed E-state index contributed by atoms with van der Waals surface area (Å²) in [6.07, 6.45) is 0. The van der Waals surface area contributed by atoms with Gasteiger partial charge in [0.1, 0.15) is 33.5 Å². The number of thiophene rings is 1. The monoisotopic (exact) mass is 1500 g/mol. The fourth-order valence-corrected chi connectivity index (χ4v) is 17.7. The molecular formula is C108H72N4O3S. The molecule has 8 heteroatoms. The van der Waals surface area contributed by atoms with Gasteiger partial charge in [0.25, 0.3) is 0 Å². The maximum absolute atomic E-state index is 6.47. The molecular weight excluding hydrogens is 1430 g/mol. The van der Waals surface area contributed by atoms with Crippen molar-refractivity contribution in [2.75, 3.05) is 19.6 Å². The number of nitrogens with zero attached hydrogens (tertiary/aromatic N) is 4. The van der Waals surface area contributed by atoms with Crippen molar-refractivity contribution in [1.82, 2.24) is 0 Å². The van der Waals surface area contributed by atoms with Crippen LogP contribution in [0.4, 0.5) is 68.2 Å². The van der Waals surface area contributed by atoms with Crippen LogP contribution < -0.4 is 19.6 Å². The predicted molar refractivity (Wildman–Crippen MR) is 488 cm³/mol. The van der Waals surface area contributed by atoms with Crippen molar-refractivity contribution in [2.45, 2.75) is 0 Å². The number of furan rings is 3. The summed E-state index contributed by atoms with van der Waals surface area (Å²) in [5, 5.41) is 9.22. The minimum absolute atomic E-state index is 0.848. The fraction of sp³-hybridized carbons (Fsp3) is 0. The SMILES string of the molecule is c1ccc(-c2ccc(N(c3ccccc3)c3cc(-c4ccc5c(c4)oc4ccccc45)cc(N(c4ccccc4)c4ccc(-c5ccccc5)cc4)c3)cc2)cc1.c1ccc(N(c2cc(-c3ccc4c(c3)sc3ccccc34)cc(N(c3ccccc3)c3ccc4c(c3)oc3ccccc34)c2)c2ccc3c(c2)oc2ccccc23)cc1. The van der Waals surface area contributed by atoms with Gasteiger partial charge in [0.2, 0.25) is 0 Å². The molecule has 4 aromatic heterocycles. The summed E-state index contributed by atoms with van der Waals surface area (Å²) >= 11 is 1.84. The molecule has 116 heavy (non-hydrogen) atoms. The van der Waals surface area contributed by atoms with E-state index in [1.54, 1.807) is 0 Å². The molecule has 0 bridgehead atoms. The van der Waals surface area contributed by atoms with Gasteiger partial charge in [0.15, 0.2) is 0 Å². The predicted octanol–water partition coefficient (Wildman–Crippen LogP) is 32.0. The molecule has 0 amide bonds. The summed E-state index contributed by atoms with van der Waals surface area (Å²) in [7, 11) is 0. The number of benzene rings is 18. The van der Waals surface area contributed by atoms with E-state index in [0.29, 0.717) is 0 Å². The molecule has 0 aliphatic carbocycles. The molecule has 0 atom stereocenters. The summed E-state index contributed by atoms with van der Waals surface area (Å²) in [5.41, 5.74) is 26.8. The van der Waals surface area contributed by atoms with Crippen LogP contribution in [0.5, 0.6) is 0 Å². The van der Waals surface area contributed by atoms with Crippen molar-refractivity contribution < 1.29 is 13.3 Å². The molecule has 0 N–H and O–H groups in total. The third kappa shape index (κ3) is 13.1.